The highest BCUT2D eigenvalue weighted by Crippen LogP contribution is 2.34. The third-order valence-corrected chi connectivity index (χ3v) is 6.12. The molecule has 0 spiro atoms. The van der Waals surface area contributed by atoms with E-state index >= 15 is 0 Å². The number of amides is 1. The highest BCUT2D eigenvalue weighted by molar-refractivity contribution is 7.99. The topological polar surface area (TPSA) is 127 Å². The second kappa shape index (κ2) is 10.9. The number of methoxy groups -OCH3 is 2. The van der Waals surface area contributed by atoms with Crippen molar-refractivity contribution < 1.29 is 23.9 Å². The van der Waals surface area contributed by atoms with Crippen molar-refractivity contribution in [2.75, 3.05) is 25.3 Å². The molecule has 0 bridgehead atoms. The Morgan fingerprint density at radius 1 is 1.23 bits per heavy atom. The Hall–Kier alpha value is -2.66. The molecule has 0 fully saturated rings. The number of aromatic amines is 1. The van der Waals surface area contributed by atoms with Crippen molar-refractivity contribution in [2.45, 2.75) is 38.3 Å². The van der Waals surface area contributed by atoms with Crippen molar-refractivity contribution in [1.29, 1.82) is 0 Å². The van der Waals surface area contributed by atoms with Gasteiger partial charge in [-0.05, 0) is 25.3 Å². The lowest BCUT2D eigenvalue weighted by atomic mass is 10.1. The number of ether oxygens (including phenoxy) is 2. The van der Waals surface area contributed by atoms with Gasteiger partial charge in [-0.1, -0.05) is 25.1 Å². The first kappa shape index (κ1) is 23.6. The average Bonchev–Trinajstić information content (AvgIpc) is 3.04. The molecular formula is C19H23N3O6S2. The normalized spacial score (nSPS) is 10.5. The van der Waals surface area contributed by atoms with Crippen LogP contribution in [0.4, 0.5) is 5.00 Å². The molecule has 2 heterocycles. The Morgan fingerprint density at radius 2 is 1.93 bits per heavy atom. The molecule has 0 radical (unpaired) electrons. The fourth-order valence-corrected chi connectivity index (χ4v) is 4.40. The quantitative estimate of drug-likeness (QED) is 0.337. The summed E-state index contributed by atoms with van der Waals surface area (Å²) in [6, 6.07) is 1.45. The highest BCUT2D eigenvalue weighted by atomic mass is 32.2. The Balaban J connectivity index is 2.15. The van der Waals surface area contributed by atoms with E-state index in [2.05, 4.69) is 15.3 Å². The third-order valence-electron chi connectivity index (χ3n) is 4.06. The number of thiophene rings is 1. The fourth-order valence-electron chi connectivity index (χ4n) is 2.57. The van der Waals surface area contributed by atoms with Crippen molar-refractivity contribution >= 4 is 45.9 Å². The predicted molar refractivity (Wildman–Crippen MR) is 115 cm³/mol. The van der Waals surface area contributed by atoms with Crippen molar-refractivity contribution in [2.24, 2.45) is 0 Å². The van der Waals surface area contributed by atoms with Crippen LogP contribution in [0.15, 0.2) is 16.0 Å². The maximum Gasteiger partial charge on any atom is 0.348 e. The molecule has 0 aliphatic carbocycles. The molecule has 0 aliphatic heterocycles. The van der Waals surface area contributed by atoms with E-state index in [0.717, 1.165) is 35.9 Å². The van der Waals surface area contributed by atoms with Crippen molar-refractivity contribution in [3.8, 4) is 0 Å². The molecule has 2 rings (SSSR count). The minimum atomic E-state index is -0.670. The van der Waals surface area contributed by atoms with Gasteiger partial charge in [-0.15, -0.1) is 11.3 Å². The Labute approximate surface area is 181 Å². The van der Waals surface area contributed by atoms with E-state index in [4.69, 9.17) is 9.47 Å². The number of H-pyrrole nitrogens is 1. The number of rotatable bonds is 9. The minimum Gasteiger partial charge on any atom is -0.465 e. The van der Waals surface area contributed by atoms with Gasteiger partial charge in [0.05, 0.1) is 25.5 Å². The molecule has 11 heteroatoms. The van der Waals surface area contributed by atoms with Crippen LogP contribution >= 0.6 is 23.1 Å². The molecule has 2 N–H and O–H groups in total. The number of aromatic nitrogens is 2. The van der Waals surface area contributed by atoms with Crippen molar-refractivity contribution in [3.63, 3.8) is 0 Å². The fraction of sp³-hybridized carbons (Fsp3) is 0.421. The second-order valence-electron chi connectivity index (χ2n) is 6.23. The Bertz CT molecular complexity index is 999. The van der Waals surface area contributed by atoms with E-state index in [1.807, 2.05) is 6.92 Å². The molecule has 2 aromatic rings. The predicted octanol–water partition coefficient (Wildman–Crippen LogP) is 2.79. The Morgan fingerprint density at radius 3 is 2.57 bits per heavy atom. The number of anilines is 1. The molecule has 30 heavy (non-hydrogen) atoms. The number of carbonyl (C=O) groups excluding carboxylic acids is 3. The molecule has 1 amide bonds. The van der Waals surface area contributed by atoms with E-state index in [9.17, 15) is 19.2 Å². The van der Waals surface area contributed by atoms with E-state index in [1.165, 1.54) is 20.3 Å². The number of thioether (sulfide) groups is 1. The van der Waals surface area contributed by atoms with Crippen LogP contribution in [0, 0.1) is 6.92 Å². The number of esters is 2. The summed E-state index contributed by atoms with van der Waals surface area (Å²) in [5.41, 5.74) is 0.877. The number of nitrogens with zero attached hydrogens (tertiary/aromatic N) is 1. The molecule has 0 aliphatic rings. The maximum atomic E-state index is 12.4. The molecular weight excluding hydrogens is 430 g/mol. The standard InChI is InChI=1S/C19H23N3O6S2/c1-5-6-7-11-8-12(23)22-19(20-11)29-9-13(24)21-16-14(17(25)27-3)10(2)15(30-16)18(26)28-4/h8H,5-7,9H2,1-4H3,(H,21,24)(H,20,22,23). The number of hydrogen-bond donors (Lipinski definition) is 2. The molecule has 0 saturated carbocycles. The third kappa shape index (κ3) is 5.92. The van der Waals surface area contributed by atoms with Crippen LogP contribution in [0.2, 0.25) is 0 Å². The van der Waals surface area contributed by atoms with Gasteiger partial charge in [-0.2, -0.15) is 0 Å². The Kier molecular flexibility index (Phi) is 8.60. The second-order valence-corrected chi connectivity index (χ2v) is 8.21. The van der Waals surface area contributed by atoms with Gasteiger partial charge in [0.1, 0.15) is 9.88 Å². The molecule has 0 saturated heterocycles. The number of aryl methyl sites for hydroxylation is 1. The lowest BCUT2D eigenvalue weighted by Crippen LogP contribution is -2.17. The summed E-state index contributed by atoms with van der Waals surface area (Å²) in [6.07, 6.45) is 2.58. The number of nitrogens with one attached hydrogen (secondary N) is 2. The van der Waals surface area contributed by atoms with Crippen molar-refractivity contribution in [3.05, 3.63) is 38.1 Å². The lowest BCUT2D eigenvalue weighted by Gasteiger charge is -2.06. The molecule has 9 nitrogen and oxygen atoms in total. The van der Waals surface area contributed by atoms with E-state index in [1.54, 1.807) is 6.92 Å². The van der Waals surface area contributed by atoms with Crippen LogP contribution < -0.4 is 10.9 Å². The largest absolute Gasteiger partial charge is 0.465 e. The summed E-state index contributed by atoms with van der Waals surface area (Å²) >= 11 is 2.01. The SMILES string of the molecule is CCCCc1cc(=O)[nH]c(SCC(=O)Nc2sc(C(=O)OC)c(C)c2C(=O)OC)n1. The van der Waals surface area contributed by atoms with Gasteiger partial charge in [0.25, 0.3) is 5.56 Å². The van der Waals surface area contributed by atoms with Gasteiger partial charge < -0.3 is 19.8 Å². The van der Waals surface area contributed by atoms with E-state index in [-0.39, 0.29) is 26.8 Å². The molecule has 0 aromatic carbocycles. The molecule has 0 unspecified atom stereocenters. The van der Waals surface area contributed by atoms with Gasteiger partial charge in [0.2, 0.25) is 5.91 Å². The first-order valence-corrected chi connectivity index (χ1v) is 10.9. The number of hydrogen-bond acceptors (Lipinski definition) is 9. The first-order valence-electron chi connectivity index (χ1n) is 9.13. The summed E-state index contributed by atoms with van der Waals surface area (Å²) in [6.45, 7) is 3.63. The zero-order valence-corrected chi connectivity index (χ0v) is 18.8. The molecule has 162 valence electrons. The van der Waals surface area contributed by atoms with Crippen LogP contribution in [0.25, 0.3) is 0 Å². The van der Waals surface area contributed by atoms with Gasteiger partial charge in [0.15, 0.2) is 5.16 Å². The summed E-state index contributed by atoms with van der Waals surface area (Å²) in [4.78, 5) is 55.4. The molecule has 2 aromatic heterocycles. The summed E-state index contributed by atoms with van der Waals surface area (Å²) < 4.78 is 9.48. The molecule has 0 atom stereocenters. The first-order chi connectivity index (χ1) is 14.3. The van der Waals surface area contributed by atoms with Gasteiger partial charge in [0, 0.05) is 11.8 Å². The number of carbonyl (C=O) groups is 3. The summed E-state index contributed by atoms with van der Waals surface area (Å²) in [5, 5.41) is 3.17. The van der Waals surface area contributed by atoms with Crippen molar-refractivity contribution in [1.82, 2.24) is 9.97 Å². The summed E-state index contributed by atoms with van der Waals surface area (Å²) in [5.74, 6) is -1.75. The van der Waals surface area contributed by atoms with Gasteiger partial charge >= 0.3 is 11.9 Å². The van der Waals surface area contributed by atoms with Gasteiger partial charge in [-0.3, -0.25) is 9.59 Å². The van der Waals surface area contributed by atoms with Crippen LogP contribution in [0.1, 0.15) is 51.1 Å². The monoisotopic (exact) mass is 453 g/mol. The zero-order chi connectivity index (χ0) is 22.3. The zero-order valence-electron chi connectivity index (χ0n) is 17.1. The van der Waals surface area contributed by atoms with Crippen LogP contribution in [-0.2, 0) is 20.7 Å². The number of unbranched alkanes of at least 4 members (excludes halogenated alkanes) is 1. The minimum absolute atomic E-state index is 0.0503. The average molecular weight is 454 g/mol. The highest BCUT2D eigenvalue weighted by Gasteiger charge is 2.26. The van der Waals surface area contributed by atoms with E-state index < -0.39 is 17.8 Å². The van der Waals surface area contributed by atoms with Gasteiger partial charge in [-0.25, -0.2) is 14.6 Å². The maximum absolute atomic E-state index is 12.4. The lowest BCUT2D eigenvalue weighted by molar-refractivity contribution is -0.113. The van der Waals surface area contributed by atoms with E-state index in [0.29, 0.717) is 22.8 Å². The van der Waals surface area contributed by atoms with Crippen LogP contribution in [-0.4, -0.2) is 47.8 Å². The van der Waals surface area contributed by atoms with Crippen LogP contribution in [0.5, 0.6) is 0 Å². The summed E-state index contributed by atoms with van der Waals surface area (Å²) in [7, 11) is 2.45. The smallest absolute Gasteiger partial charge is 0.348 e. The van der Waals surface area contributed by atoms with Crippen LogP contribution in [0.3, 0.4) is 0 Å².